The van der Waals surface area contributed by atoms with Crippen LogP contribution in [-0.2, 0) is 0 Å². The summed E-state index contributed by atoms with van der Waals surface area (Å²) in [5.41, 5.74) is 1.59. The lowest BCUT2D eigenvalue weighted by atomic mass is 10.1. The quantitative estimate of drug-likeness (QED) is 0.828. The monoisotopic (exact) mass is 324 g/mol. The Morgan fingerprint density at radius 2 is 1.62 bits per heavy atom. The van der Waals surface area contributed by atoms with Crippen LogP contribution in [-0.4, -0.2) is 22.1 Å². The molecule has 1 aromatic heterocycles. The normalized spacial score (nSPS) is 15.5. The number of anilines is 2. The third-order valence-electron chi connectivity index (χ3n) is 4.50. The fourth-order valence-corrected chi connectivity index (χ4v) is 3.12. The van der Waals surface area contributed by atoms with Crippen molar-refractivity contribution in [3.63, 3.8) is 0 Å². The minimum absolute atomic E-state index is 0.160. The van der Waals surface area contributed by atoms with Crippen molar-refractivity contribution in [1.82, 2.24) is 10.2 Å². The molecule has 2 aromatic rings. The average Bonchev–Trinajstić information content (AvgIpc) is 2.86. The molecule has 5 nitrogen and oxygen atoms in total. The maximum absolute atomic E-state index is 12.3. The first-order chi connectivity index (χ1) is 11.7. The number of hydrogen-bond donors (Lipinski definition) is 2. The summed E-state index contributed by atoms with van der Waals surface area (Å²) in [6.07, 6.45) is 7.58. The van der Waals surface area contributed by atoms with Gasteiger partial charge in [-0.15, -0.1) is 10.2 Å². The van der Waals surface area contributed by atoms with Gasteiger partial charge in [-0.25, -0.2) is 0 Å². The van der Waals surface area contributed by atoms with E-state index in [9.17, 15) is 4.79 Å². The number of carbonyl (C=O) groups excluding carboxylic acids is 1. The van der Waals surface area contributed by atoms with Crippen LogP contribution in [0, 0.1) is 6.92 Å². The van der Waals surface area contributed by atoms with Crippen LogP contribution in [0.1, 0.15) is 54.4 Å². The van der Waals surface area contributed by atoms with Crippen LogP contribution >= 0.6 is 0 Å². The lowest BCUT2D eigenvalue weighted by Crippen LogP contribution is -2.20. The van der Waals surface area contributed by atoms with E-state index in [4.69, 9.17) is 0 Å². The molecular formula is C19H24N4O. The first-order valence-electron chi connectivity index (χ1n) is 8.69. The zero-order chi connectivity index (χ0) is 16.8. The zero-order valence-electron chi connectivity index (χ0n) is 14.1. The second-order valence-electron chi connectivity index (χ2n) is 6.41. The van der Waals surface area contributed by atoms with E-state index in [0.717, 1.165) is 11.4 Å². The second kappa shape index (κ2) is 7.90. The molecule has 0 atom stereocenters. The molecule has 3 rings (SSSR count). The molecule has 0 aliphatic heterocycles. The van der Waals surface area contributed by atoms with Gasteiger partial charge in [0.1, 0.15) is 5.82 Å². The van der Waals surface area contributed by atoms with Gasteiger partial charge < -0.3 is 10.6 Å². The molecular weight excluding hydrogens is 300 g/mol. The van der Waals surface area contributed by atoms with Gasteiger partial charge in [0.2, 0.25) is 0 Å². The SMILES string of the molecule is Cc1ccccc1C(=O)Nc1ccc(NC2CCCCCC2)nn1. The molecule has 1 aliphatic carbocycles. The summed E-state index contributed by atoms with van der Waals surface area (Å²) in [5.74, 6) is 1.08. The molecule has 0 bridgehead atoms. The molecule has 24 heavy (non-hydrogen) atoms. The fourth-order valence-electron chi connectivity index (χ4n) is 3.12. The Morgan fingerprint density at radius 3 is 2.29 bits per heavy atom. The van der Waals surface area contributed by atoms with E-state index < -0.39 is 0 Å². The molecule has 1 amide bonds. The van der Waals surface area contributed by atoms with E-state index in [1.807, 2.05) is 31.2 Å². The number of rotatable bonds is 4. The van der Waals surface area contributed by atoms with Crippen LogP contribution in [0.25, 0.3) is 0 Å². The highest BCUT2D eigenvalue weighted by molar-refractivity contribution is 6.04. The average molecular weight is 324 g/mol. The maximum atomic E-state index is 12.3. The van der Waals surface area contributed by atoms with E-state index in [2.05, 4.69) is 20.8 Å². The molecule has 1 aliphatic rings. The summed E-state index contributed by atoms with van der Waals surface area (Å²) < 4.78 is 0. The maximum Gasteiger partial charge on any atom is 0.257 e. The van der Waals surface area contributed by atoms with E-state index >= 15 is 0 Å². The van der Waals surface area contributed by atoms with Crippen molar-refractivity contribution in [3.8, 4) is 0 Å². The van der Waals surface area contributed by atoms with Gasteiger partial charge in [-0.05, 0) is 43.5 Å². The Hall–Kier alpha value is -2.43. The van der Waals surface area contributed by atoms with Gasteiger partial charge in [0.25, 0.3) is 5.91 Å². The highest BCUT2D eigenvalue weighted by atomic mass is 16.1. The van der Waals surface area contributed by atoms with Crippen LogP contribution in [0.5, 0.6) is 0 Å². The molecule has 5 heteroatoms. The minimum Gasteiger partial charge on any atom is -0.366 e. The Balaban J connectivity index is 1.60. The van der Waals surface area contributed by atoms with Crippen LogP contribution < -0.4 is 10.6 Å². The van der Waals surface area contributed by atoms with Crippen LogP contribution in [0.2, 0.25) is 0 Å². The predicted octanol–water partition coefficient (Wildman–Crippen LogP) is 4.17. The number of carbonyl (C=O) groups is 1. The molecule has 0 unspecified atom stereocenters. The first kappa shape index (κ1) is 16.4. The van der Waals surface area contributed by atoms with Gasteiger partial charge in [-0.3, -0.25) is 4.79 Å². The van der Waals surface area contributed by atoms with E-state index in [0.29, 0.717) is 17.4 Å². The van der Waals surface area contributed by atoms with Gasteiger partial charge in [0, 0.05) is 11.6 Å². The number of hydrogen-bond acceptors (Lipinski definition) is 4. The number of nitrogens with one attached hydrogen (secondary N) is 2. The van der Waals surface area contributed by atoms with Gasteiger partial charge in [-0.2, -0.15) is 0 Å². The van der Waals surface area contributed by atoms with Gasteiger partial charge in [-0.1, -0.05) is 43.9 Å². The smallest absolute Gasteiger partial charge is 0.257 e. The van der Waals surface area contributed by atoms with Gasteiger partial charge in [0.05, 0.1) is 0 Å². The third-order valence-corrected chi connectivity index (χ3v) is 4.50. The summed E-state index contributed by atoms with van der Waals surface area (Å²) in [4.78, 5) is 12.3. The summed E-state index contributed by atoms with van der Waals surface area (Å²) in [6, 6.07) is 11.6. The lowest BCUT2D eigenvalue weighted by Gasteiger charge is -2.16. The Morgan fingerprint density at radius 1 is 0.958 bits per heavy atom. The van der Waals surface area contributed by atoms with Crippen LogP contribution in [0.4, 0.5) is 11.6 Å². The zero-order valence-corrected chi connectivity index (χ0v) is 14.1. The topological polar surface area (TPSA) is 66.9 Å². The first-order valence-corrected chi connectivity index (χ1v) is 8.69. The highest BCUT2D eigenvalue weighted by Gasteiger charge is 2.13. The third kappa shape index (κ3) is 4.31. The summed E-state index contributed by atoms with van der Waals surface area (Å²) in [5, 5.41) is 14.6. The number of benzene rings is 1. The number of amides is 1. The van der Waals surface area contributed by atoms with E-state index in [-0.39, 0.29) is 5.91 Å². The summed E-state index contributed by atoms with van der Waals surface area (Å²) in [7, 11) is 0. The second-order valence-corrected chi connectivity index (χ2v) is 6.41. The largest absolute Gasteiger partial charge is 0.366 e. The van der Waals surface area contributed by atoms with Crippen molar-refractivity contribution in [1.29, 1.82) is 0 Å². The standard InChI is InChI=1S/C19H24N4O/c1-14-8-6-7-11-16(14)19(24)21-18-13-12-17(22-23-18)20-15-9-4-2-3-5-10-15/h6-8,11-13,15H,2-5,9-10H2,1H3,(H,20,22)(H,21,23,24). The lowest BCUT2D eigenvalue weighted by molar-refractivity contribution is 0.102. The summed E-state index contributed by atoms with van der Waals surface area (Å²) in [6.45, 7) is 1.92. The van der Waals surface area contributed by atoms with Crippen molar-refractivity contribution in [3.05, 3.63) is 47.5 Å². The predicted molar refractivity (Wildman–Crippen MR) is 96.3 cm³/mol. The number of aromatic nitrogens is 2. The van der Waals surface area contributed by atoms with Crippen LogP contribution in [0.3, 0.4) is 0 Å². The molecule has 126 valence electrons. The molecule has 1 heterocycles. The molecule has 1 saturated carbocycles. The molecule has 1 fully saturated rings. The summed E-state index contributed by atoms with van der Waals surface area (Å²) >= 11 is 0. The Kier molecular flexibility index (Phi) is 5.41. The van der Waals surface area contributed by atoms with Crippen LogP contribution in [0.15, 0.2) is 36.4 Å². The molecule has 0 saturated heterocycles. The molecule has 0 radical (unpaired) electrons. The van der Waals surface area contributed by atoms with Crippen molar-refractivity contribution < 1.29 is 4.79 Å². The molecule has 0 spiro atoms. The Labute approximate surface area is 142 Å². The molecule has 2 N–H and O–H groups in total. The Bertz CT molecular complexity index is 676. The van der Waals surface area contributed by atoms with E-state index in [1.54, 1.807) is 12.1 Å². The highest BCUT2D eigenvalue weighted by Crippen LogP contribution is 2.20. The van der Waals surface area contributed by atoms with Gasteiger partial charge in [0.15, 0.2) is 5.82 Å². The van der Waals surface area contributed by atoms with Crippen molar-refractivity contribution in [2.24, 2.45) is 0 Å². The van der Waals surface area contributed by atoms with Crippen molar-refractivity contribution in [2.75, 3.05) is 10.6 Å². The van der Waals surface area contributed by atoms with Crippen molar-refractivity contribution in [2.45, 2.75) is 51.5 Å². The molecule has 1 aromatic carbocycles. The van der Waals surface area contributed by atoms with E-state index in [1.165, 1.54) is 38.5 Å². The van der Waals surface area contributed by atoms with Gasteiger partial charge >= 0.3 is 0 Å². The fraction of sp³-hybridized carbons (Fsp3) is 0.421. The van der Waals surface area contributed by atoms with Crippen molar-refractivity contribution >= 4 is 17.5 Å². The number of nitrogens with zero attached hydrogens (tertiary/aromatic N) is 2. The minimum atomic E-state index is -0.160. The number of aryl methyl sites for hydroxylation is 1.